The molecule has 1 aliphatic rings. The molecule has 0 radical (unpaired) electrons. The molecule has 1 rings (SSSR count). The summed E-state index contributed by atoms with van der Waals surface area (Å²) in [6, 6.07) is 0. The Labute approximate surface area is 69.5 Å². The minimum Gasteiger partial charge on any atom is -0.348 e. The molecule has 1 saturated heterocycles. The van der Waals surface area contributed by atoms with Crippen LogP contribution in [-0.4, -0.2) is 24.5 Å². The number of hydrogen-bond acceptors (Lipinski definition) is 4. The number of carbonyl (C=O) groups is 1. The average molecular weight is 178 g/mol. The Kier molecular flexibility index (Phi) is 2.64. The van der Waals surface area contributed by atoms with Crippen molar-refractivity contribution in [3.63, 3.8) is 0 Å². The Bertz CT molecular complexity index is 180. The molecular formula is C7H11FO4. The highest BCUT2D eigenvalue weighted by Crippen LogP contribution is 2.24. The highest BCUT2D eigenvalue weighted by atomic mass is 19.3. The van der Waals surface area contributed by atoms with Crippen LogP contribution in [0.25, 0.3) is 0 Å². The van der Waals surface area contributed by atoms with Gasteiger partial charge in [0.05, 0.1) is 19.1 Å². The Hall–Kier alpha value is -0.680. The minimum atomic E-state index is -0.929. The van der Waals surface area contributed by atoms with Gasteiger partial charge in [-0.3, -0.25) is 4.94 Å². The van der Waals surface area contributed by atoms with Gasteiger partial charge in [0.2, 0.25) is 0 Å². The van der Waals surface area contributed by atoms with Gasteiger partial charge in [-0.2, -0.15) is 0 Å². The van der Waals surface area contributed by atoms with Crippen LogP contribution < -0.4 is 0 Å². The summed E-state index contributed by atoms with van der Waals surface area (Å²) in [6.45, 7) is 3.75. The zero-order valence-electron chi connectivity index (χ0n) is 7.00. The summed E-state index contributed by atoms with van der Waals surface area (Å²) in [4.78, 5) is 13.5. The molecule has 0 aromatic carbocycles. The fourth-order valence-corrected chi connectivity index (χ4v) is 1.08. The van der Waals surface area contributed by atoms with Crippen LogP contribution >= 0.6 is 0 Å². The topological polar surface area (TPSA) is 44.8 Å². The fourth-order valence-electron chi connectivity index (χ4n) is 1.08. The summed E-state index contributed by atoms with van der Waals surface area (Å²) in [5.74, 6) is -1.61. The van der Waals surface area contributed by atoms with E-state index in [2.05, 4.69) is 4.94 Å². The SMILES string of the molecule is CC1(C)OCC(CC(=O)OF)O1. The van der Waals surface area contributed by atoms with Crippen molar-refractivity contribution in [2.45, 2.75) is 32.2 Å². The predicted molar refractivity (Wildman–Crippen MR) is 36.7 cm³/mol. The average Bonchev–Trinajstić information content (AvgIpc) is 2.30. The molecule has 0 aliphatic carbocycles. The van der Waals surface area contributed by atoms with Crippen molar-refractivity contribution in [1.82, 2.24) is 0 Å². The first-order chi connectivity index (χ1) is 5.53. The van der Waals surface area contributed by atoms with Crippen LogP contribution in [-0.2, 0) is 19.2 Å². The summed E-state index contributed by atoms with van der Waals surface area (Å²) >= 11 is 0. The second-order valence-corrected chi connectivity index (χ2v) is 3.10. The Morgan fingerprint density at radius 3 is 2.83 bits per heavy atom. The molecule has 0 saturated carbocycles. The van der Waals surface area contributed by atoms with Gasteiger partial charge in [0.15, 0.2) is 5.79 Å². The van der Waals surface area contributed by atoms with Crippen LogP contribution in [0.3, 0.4) is 0 Å². The lowest BCUT2D eigenvalue weighted by molar-refractivity contribution is -0.188. The van der Waals surface area contributed by atoms with Crippen molar-refractivity contribution in [1.29, 1.82) is 0 Å². The first-order valence-electron chi connectivity index (χ1n) is 3.67. The zero-order valence-corrected chi connectivity index (χ0v) is 7.00. The molecule has 12 heavy (non-hydrogen) atoms. The molecule has 0 amide bonds. The number of halogens is 1. The molecule has 1 atom stereocenters. The van der Waals surface area contributed by atoms with E-state index in [4.69, 9.17) is 9.47 Å². The van der Waals surface area contributed by atoms with Gasteiger partial charge in [0, 0.05) is 4.53 Å². The Morgan fingerprint density at radius 1 is 1.75 bits per heavy atom. The first-order valence-corrected chi connectivity index (χ1v) is 3.67. The first kappa shape index (κ1) is 9.41. The molecule has 1 fully saturated rings. The fraction of sp³-hybridized carbons (Fsp3) is 0.857. The zero-order chi connectivity index (χ0) is 9.19. The minimum absolute atomic E-state index is 0.111. The molecule has 0 aromatic rings. The van der Waals surface area contributed by atoms with Gasteiger partial charge in [0.1, 0.15) is 0 Å². The Morgan fingerprint density at radius 2 is 2.42 bits per heavy atom. The maximum Gasteiger partial charge on any atom is 0.351 e. The molecule has 0 aromatic heterocycles. The van der Waals surface area contributed by atoms with Crippen LogP contribution in [0.2, 0.25) is 0 Å². The van der Waals surface area contributed by atoms with E-state index in [1.54, 1.807) is 13.8 Å². The van der Waals surface area contributed by atoms with E-state index in [1.807, 2.05) is 0 Å². The number of ether oxygens (including phenoxy) is 2. The molecule has 0 bridgehead atoms. The Balaban J connectivity index is 2.33. The van der Waals surface area contributed by atoms with Gasteiger partial charge in [-0.25, -0.2) is 4.79 Å². The van der Waals surface area contributed by atoms with E-state index in [0.717, 1.165) is 0 Å². The highest BCUT2D eigenvalue weighted by molar-refractivity contribution is 5.69. The smallest absolute Gasteiger partial charge is 0.348 e. The molecule has 0 spiro atoms. The van der Waals surface area contributed by atoms with Gasteiger partial charge in [-0.1, -0.05) is 0 Å². The lowest BCUT2D eigenvalue weighted by Crippen LogP contribution is -2.22. The summed E-state index contributed by atoms with van der Waals surface area (Å²) in [5.41, 5.74) is 0. The van der Waals surface area contributed by atoms with E-state index in [-0.39, 0.29) is 6.42 Å². The molecule has 0 N–H and O–H groups in total. The molecule has 70 valence electrons. The molecular weight excluding hydrogens is 167 g/mol. The van der Waals surface area contributed by atoms with Gasteiger partial charge in [-0.15, -0.1) is 0 Å². The molecule has 1 unspecified atom stereocenters. The monoisotopic (exact) mass is 178 g/mol. The van der Waals surface area contributed by atoms with E-state index in [9.17, 15) is 9.32 Å². The van der Waals surface area contributed by atoms with Crippen molar-refractivity contribution >= 4 is 5.97 Å². The second-order valence-electron chi connectivity index (χ2n) is 3.10. The number of rotatable bonds is 2. The third kappa shape index (κ3) is 2.42. The van der Waals surface area contributed by atoms with E-state index in [0.29, 0.717) is 6.61 Å². The van der Waals surface area contributed by atoms with Crippen molar-refractivity contribution in [3.8, 4) is 0 Å². The van der Waals surface area contributed by atoms with Crippen LogP contribution in [0, 0.1) is 0 Å². The van der Waals surface area contributed by atoms with Crippen molar-refractivity contribution in [2.75, 3.05) is 6.61 Å². The third-order valence-electron chi connectivity index (χ3n) is 1.55. The van der Waals surface area contributed by atoms with Gasteiger partial charge in [0.25, 0.3) is 0 Å². The van der Waals surface area contributed by atoms with Crippen LogP contribution in [0.15, 0.2) is 0 Å². The summed E-state index contributed by atoms with van der Waals surface area (Å²) in [6.07, 6.45) is -0.511. The second kappa shape index (κ2) is 3.37. The van der Waals surface area contributed by atoms with E-state index >= 15 is 0 Å². The van der Waals surface area contributed by atoms with E-state index in [1.165, 1.54) is 0 Å². The van der Waals surface area contributed by atoms with Gasteiger partial charge >= 0.3 is 5.97 Å². The maximum absolute atomic E-state index is 11.3. The van der Waals surface area contributed by atoms with Crippen molar-refractivity contribution in [2.24, 2.45) is 0 Å². The maximum atomic E-state index is 11.3. The van der Waals surface area contributed by atoms with Gasteiger partial charge in [-0.05, 0) is 13.8 Å². The molecule has 5 heteroatoms. The molecule has 1 heterocycles. The lowest BCUT2D eigenvalue weighted by atomic mass is 10.3. The van der Waals surface area contributed by atoms with E-state index < -0.39 is 17.9 Å². The normalized spacial score (nSPS) is 27.1. The summed E-state index contributed by atoms with van der Waals surface area (Å²) in [5, 5.41) is 0. The number of hydrogen-bond donors (Lipinski definition) is 0. The predicted octanol–water partition coefficient (Wildman–Crippen LogP) is 0.956. The molecule has 4 nitrogen and oxygen atoms in total. The quantitative estimate of drug-likeness (QED) is 0.631. The van der Waals surface area contributed by atoms with Gasteiger partial charge < -0.3 is 9.47 Å². The summed E-state index contributed by atoms with van der Waals surface area (Å²) in [7, 11) is 0. The summed E-state index contributed by atoms with van der Waals surface area (Å²) < 4.78 is 21.7. The van der Waals surface area contributed by atoms with Crippen LogP contribution in [0.1, 0.15) is 20.3 Å². The van der Waals surface area contributed by atoms with Crippen molar-refractivity contribution in [3.05, 3.63) is 0 Å². The van der Waals surface area contributed by atoms with Crippen LogP contribution in [0.4, 0.5) is 4.53 Å². The third-order valence-corrected chi connectivity index (χ3v) is 1.55. The molecule has 1 aliphatic heterocycles. The largest absolute Gasteiger partial charge is 0.351 e. The number of carbonyl (C=O) groups excluding carboxylic acids is 1. The standard InChI is InChI=1S/C7H11FO4/c1-7(2)10-4-5(11-7)3-6(9)12-8/h5H,3-4H2,1-2H3. The lowest BCUT2D eigenvalue weighted by Gasteiger charge is -2.16. The van der Waals surface area contributed by atoms with Crippen molar-refractivity contribution < 1.29 is 23.7 Å². The highest BCUT2D eigenvalue weighted by Gasteiger charge is 2.34. The van der Waals surface area contributed by atoms with Crippen LogP contribution in [0.5, 0.6) is 0 Å².